The fourth-order valence-corrected chi connectivity index (χ4v) is 2.25. The van der Waals surface area contributed by atoms with E-state index in [9.17, 15) is 18.8 Å². The Kier molecular flexibility index (Phi) is 6.83. The van der Waals surface area contributed by atoms with Crippen molar-refractivity contribution < 1.29 is 28.2 Å². The van der Waals surface area contributed by atoms with Gasteiger partial charge in [0.1, 0.15) is 12.4 Å². The number of carbonyl (C=O) groups excluding carboxylic acids is 3. The van der Waals surface area contributed by atoms with Crippen molar-refractivity contribution in [3.05, 3.63) is 40.4 Å². The van der Waals surface area contributed by atoms with Crippen LogP contribution in [0.5, 0.6) is 0 Å². The number of nitrogens with zero attached hydrogens (tertiary/aromatic N) is 3. The molecule has 1 aromatic carbocycles. The summed E-state index contributed by atoms with van der Waals surface area (Å²) in [6.45, 7) is 2.84. The van der Waals surface area contributed by atoms with Crippen LogP contribution in [0.1, 0.15) is 34.8 Å². The van der Waals surface area contributed by atoms with Gasteiger partial charge in [-0.25, -0.2) is 18.7 Å². The lowest BCUT2D eigenvalue weighted by atomic mass is 10.3. The quantitative estimate of drug-likeness (QED) is 0.710. The van der Waals surface area contributed by atoms with E-state index in [0.29, 0.717) is 0 Å². The van der Waals surface area contributed by atoms with E-state index in [-0.39, 0.29) is 35.3 Å². The third-order valence-electron chi connectivity index (χ3n) is 3.17. The van der Waals surface area contributed by atoms with Crippen LogP contribution < -0.4 is 5.32 Å². The SMILES string of the molecule is CCOC(=O)c1nnn(CC(=O)Nc2ccc(F)c(Cl)c2)c1C(=O)OCC. The number of carbonyl (C=O) groups is 3. The van der Waals surface area contributed by atoms with Gasteiger partial charge >= 0.3 is 11.9 Å². The molecule has 0 atom stereocenters. The summed E-state index contributed by atoms with van der Waals surface area (Å²) in [6, 6.07) is 3.64. The van der Waals surface area contributed by atoms with Crippen molar-refractivity contribution in [1.29, 1.82) is 0 Å². The summed E-state index contributed by atoms with van der Waals surface area (Å²) >= 11 is 5.66. The van der Waals surface area contributed by atoms with Crippen molar-refractivity contribution in [2.24, 2.45) is 0 Å². The maximum atomic E-state index is 13.2. The minimum absolute atomic E-state index is 0.0482. The molecule has 0 radical (unpaired) electrons. The molecule has 0 aliphatic carbocycles. The van der Waals surface area contributed by atoms with Crippen LogP contribution in [0.3, 0.4) is 0 Å². The molecule has 9 nitrogen and oxygen atoms in total. The van der Waals surface area contributed by atoms with Gasteiger partial charge in [-0.2, -0.15) is 0 Å². The van der Waals surface area contributed by atoms with Gasteiger partial charge in [0.2, 0.25) is 11.6 Å². The molecule has 0 unspecified atom stereocenters. The summed E-state index contributed by atoms with van der Waals surface area (Å²) in [5.74, 6) is -2.97. The van der Waals surface area contributed by atoms with Crippen molar-refractivity contribution in [3.8, 4) is 0 Å². The van der Waals surface area contributed by atoms with Gasteiger partial charge in [-0.05, 0) is 32.0 Å². The fraction of sp³-hybridized carbons (Fsp3) is 0.312. The van der Waals surface area contributed by atoms with Crippen LogP contribution in [-0.2, 0) is 20.8 Å². The number of ether oxygens (including phenoxy) is 2. The molecule has 1 amide bonds. The molecule has 0 saturated heterocycles. The lowest BCUT2D eigenvalue weighted by Gasteiger charge is -2.08. The number of halogens is 2. The summed E-state index contributed by atoms with van der Waals surface area (Å²) in [7, 11) is 0. The minimum Gasteiger partial charge on any atom is -0.461 e. The summed E-state index contributed by atoms with van der Waals surface area (Å²) in [4.78, 5) is 36.3. The first-order valence-electron chi connectivity index (χ1n) is 7.90. The topological polar surface area (TPSA) is 112 Å². The molecular weight excluding hydrogens is 383 g/mol. The number of anilines is 1. The molecule has 0 fully saturated rings. The summed E-state index contributed by atoms with van der Waals surface area (Å²) in [5, 5.41) is 9.58. The number of hydrogen-bond donors (Lipinski definition) is 1. The second kappa shape index (κ2) is 9.08. The molecule has 1 aromatic heterocycles. The predicted molar refractivity (Wildman–Crippen MR) is 92.0 cm³/mol. The van der Waals surface area contributed by atoms with Crippen molar-refractivity contribution in [1.82, 2.24) is 15.0 Å². The van der Waals surface area contributed by atoms with E-state index in [0.717, 1.165) is 10.7 Å². The number of hydrogen-bond acceptors (Lipinski definition) is 7. The third kappa shape index (κ3) is 5.00. The number of nitrogens with one attached hydrogen (secondary N) is 1. The Morgan fingerprint density at radius 3 is 2.48 bits per heavy atom. The Hall–Kier alpha value is -3.01. The molecule has 0 saturated carbocycles. The normalized spacial score (nSPS) is 10.4. The first-order chi connectivity index (χ1) is 12.9. The molecule has 0 aliphatic heterocycles. The van der Waals surface area contributed by atoms with Gasteiger partial charge < -0.3 is 14.8 Å². The maximum absolute atomic E-state index is 13.2. The van der Waals surface area contributed by atoms with Gasteiger partial charge in [0.05, 0.1) is 18.2 Å². The highest BCUT2D eigenvalue weighted by molar-refractivity contribution is 6.31. The molecule has 0 bridgehead atoms. The van der Waals surface area contributed by atoms with E-state index in [4.69, 9.17) is 21.1 Å². The smallest absolute Gasteiger partial charge is 0.361 e. The van der Waals surface area contributed by atoms with E-state index in [1.807, 2.05) is 0 Å². The van der Waals surface area contributed by atoms with Gasteiger partial charge in [0.15, 0.2) is 5.69 Å². The highest BCUT2D eigenvalue weighted by Crippen LogP contribution is 2.19. The van der Waals surface area contributed by atoms with Crippen molar-refractivity contribution >= 4 is 35.1 Å². The van der Waals surface area contributed by atoms with E-state index >= 15 is 0 Å². The van der Waals surface area contributed by atoms with E-state index in [1.54, 1.807) is 13.8 Å². The zero-order chi connectivity index (χ0) is 20.0. The van der Waals surface area contributed by atoms with Crippen LogP contribution >= 0.6 is 11.6 Å². The summed E-state index contributed by atoms with van der Waals surface area (Å²) in [6.07, 6.45) is 0. The van der Waals surface area contributed by atoms with Gasteiger partial charge in [0.25, 0.3) is 0 Å². The monoisotopic (exact) mass is 398 g/mol. The second-order valence-electron chi connectivity index (χ2n) is 5.06. The van der Waals surface area contributed by atoms with Crippen molar-refractivity contribution in [2.75, 3.05) is 18.5 Å². The Labute approximate surface area is 158 Å². The van der Waals surface area contributed by atoms with E-state index in [2.05, 4.69) is 15.6 Å². The molecule has 1 N–H and O–H groups in total. The maximum Gasteiger partial charge on any atom is 0.361 e. The van der Waals surface area contributed by atoms with Gasteiger partial charge in [-0.1, -0.05) is 16.8 Å². The Balaban J connectivity index is 2.23. The molecule has 144 valence electrons. The molecular formula is C16H16ClFN4O5. The number of rotatable bonds is 7. The largest absolute Gasteiger partial charge is 0.461 e. The van der Waals surface area contributed by atoms with Crippen LogP contribution in [0.4, 0.5) is 10.1 Å². The molecule has 0 spiro atoms. The van der Waals surface area contributed by atoms with E-state index < -0.39 is 30.2 Å². The molecule has 11 heteroatoms. The first-order valence-corrected chi connectivity index (χ1v) is 8.27. The minimum atomic E-state index is -0.872. The first kappa shape index (κ1) is 20.3. The lowest BCUT2D eigenvalue weighted by molar-refractivity contribution is -0.116. The average Bonchev–Trinajstić information content (AvgIpc) is 3.02. The highest BCUT2D eigenvalue weighted by Gasteiger charge is 2.28. The van der Waals surface area contributed by atoms with Crippen LogP contribution in [-0.4, -0.2) is 46.1 Å². The number of aromatic nitrogens is 3. The van der Waals surface area contributed by atoms with Gasteiger partial charge in [0, 0.05) is 5.69 Å². The standard InChI is InChI=1S/C16H16ClFN4O5/c1-3-26-15(24)13-14(16(25)27-4-2)22(21-20-13)8-12(23)19-9-5-6-11(18)10(17)7-9/h5-7H,3-4,8H2,1-2H3,(H,19,23). The summed E-state index contributed by atoms with van der Waals surface area (Å²) < 4.78 is 23.8. The fourth-order valence-electron chi connectivity index (χ4n) is 2.07. The predicted octanol–water partition coefficient (Wildman–Crippen LogP) is 2.06. The molecule has 1 heterocycles. The van der Waals surface area contributed by atoms with Crippen molar-refractivity contribution in [2.45, 2.75) is 20.4 Å². The zero-order valence-electron chi connectivity index (χ0n) is 14.5. The van der Waals surface area contributed by atoms with Crippen LogP contribution in [0.25, 0.3) is 0 Å². The molecule has 2 aromatic rings. The van der Waals surface area contributed by atoms with E-state index in [1.165, 1.54) is 12.1 Å². The number of amides is 1. The third-order valence-corrected chi connectivity index (χ3v) is 3.46. The van der Waals surface area contributed by atoms with Crippen LogP contribution in [0.2, 0.25) is 5.02 Å². The average molecular weight is 399 g/mol. The zero-order valence-corrected chi connectivity index (χ0v) is 15.2. The van der Waals surface area contributed by atoms with Gasteiger partial charge in [-0.3, -0.25) is 4.79 Å². The molecule has 0 aliphatic rings. The Morgan fingerprint density at radius 1 is 1.19 bits per heavy atom. The van der Waals surface area contributed by atoms with Crippen LogP contribution in [0, 0.1) is 5.82 Å². The number of benzene rings is 1. The highest BCUT2D eigenvalue weighted by atomic mass is 35.5. The number of esters is 2. The molecule has 2 rings (SSSR count). The summed E-state index contributed by atoms with van der Waals surface area (Å²) in [5.41, 5.74) is -0.412. The van der Waals surface area contributed by atoms with Gasteiger partial charge in [-0.15, -0.1) is 5.10 Å². The Bertz CT molecular complexity index is 870. The lowest BCUT2D eigenvalue weighted by Crippen LogP contribution is -2.24. The van der Waals surface area contributed by atoms with Crippen molar-refractivity contribution in [3.63, 3.8) is 0 Å². The molecule has 27 heavy (non-hydrogen) atoms. The second-order valence-corrected chi connectivity index (χ2v) is 5.47. The van der Waals surface area contributed by atoms with Crippen LogP contribution in [0.15, 0.2) is 18.2 Å². The Morgan fingerprint density at radius 2 is 1.85 bits per heavy atom.